The summed E-state index contributed by atoms with van der Waals surface area (Å²) in [5.74, 6) is -0.875. The first-order chi connectivity index (χ1) is 5.70. The van der Waals surface area contributed by atoms with Crippen molar-refractivity contribution in [3.63, 3.8) is 0 Å². The van der Waals surface area contributed by atoms with Crippen molar-refractivity contribution in [3.8, 4) is 0 Å². The SMILES string of the molecule is Cc1ccc(C(=O)O)cc1.[SeH][SeH]. The Bertz CT molecular complexity index is 244. The van der Waals surface area contributed by atoms with E-state index in [0.29, 0.717) is 5.56 Å². The monoisotopic (exact) mass is 298 g/mol. The molecule has 0 saturated carbocycles. The molecule has 0 amide bonds. The first-order valence-electron chi connectivity index (χ1n) is 3.20. The maximum absolute atomic E-state index is 10.3. The summed E-state index contributed by atoms with van der Waals surface area (Å²) in [6, 6.07) is 6.75. The van der Waals surface area contributed by atoms with Crippen molar-refractivity contribution in [2.75, 3.05) is 0 Å². The molecule has 4 heteroatoms. The summed E-state index contributed by atoms with van der Waals surface area (Å²) in [5, 5.41) is 8.48. The van der Waals surface area contributed by atoms with Crippen LogP contribution < -0.4 is 0 Å². The van der Waals surface area contributed by atoms with Gasteiger partial charge in [-0.1, -0.05) is 17.7 Å². The van der Waals surface area contributed by atoms with Crippen molar-refractivity contribution in [2.24, 2.45) is 0 Å². The van der Waals surface area contributed by atoms with Crippen molar-refractivity contribution in [2.45, 2.75) is 6.92 Å². The summed E-state index contributed by atoms with van der Waals surface area (Å²) < 4.78 is 0. The second-order valence-electron chi connectivity index (χ2n) is 2.17. The van der Waals surface area contributed by atoms with Crippen LogP contribution in [0.2, 0.25) is 0 Å². The van der Waals surface area contributed by atoms with E-state index >= 15 is 0 Å². The molecule has 66 valence electrons. The third kappa shape index (κ3) is 3.93. The molecule has 0 spiro atoms. The predicted molar refractivity (Wildman–Crippen MR) is 52.4 cm³/mol. The molecular weight excluding hydrogens is 286 g/mol. The molecule has 0 bridgehead atoms. The summed E-state index contributed by atoms with van der Waals surface area (Å²) in [4.78, 5) is 10.3. The molecule has 0 atom stereocenters. The molecule has 2 nitrogen and oxygen atoms in total. The van der Waals surface area contributed by atoms with Gasteiger partial charge < -0.3 is 5.11 Å². The molecule has 12 heavy (non-hydrogen) atoms. The molecular formula is C8H10O2Se2. The number of hydrogen-bond donors (Lipinski definition) is 1. The Morgan fingerprint density at radius 2 is 1.67 bits per heavy atom. The second kappa shape index (κ2) is 6.27. The fourth-order valence-corrected chi connectivity index (χ4v) is 0.696. The molecule has 0 heterocycles. The molecule has 0 saturated heterocycles. The average molecular weight is 296 g/mol. The van der Waals surface area contributed by atoms with Gasteiger partial charge in [-0.15, -0.1) is 0 Å². The Morgan fingerprint density at radius 1 is 1.25 bits per heavy atom. The zero-order chi connectivity index (χ0) is 9.56. The molecule has 1 aromatic rings. The maximum atomic E-state index is 10.3. The van der Waals surface area contributed by atoms with Crippen LogP contribution in [0.4, 0.5) is 0 Å². The molecule has 0 radical (unpaired) electrons. The Balaban J connectivity index is 0.000000561. The number of aryl methyl sites for hydroxylation is 1. The first-order valence-corrected chi connectivity index (χ1v) is 8.40. The van der Waals surface area contributed by atoms with E-state index < -0.39 is 5.97 Å². The second-order valence-corrected chi connectivity index (χ2v) is 2.17. The number of rotatable bonds is 1. The van der Waals surface area contributed by atoms with E-state index in [1.54, 1.807) is 24.3 Å². The van der Waals surface area contributed by atoms with Gasteiger partial charge >= 0.3 is 34.3 Å². The quantitative estimate of drug-likeness (QED) is 0.762. The van der Waals surface area contributed by atoms with E-state index in [1.165, 1.54) is 0 Å². The molecule has 0 aromatic heterocycles. The van der Waals surface area contributed by atoms with E-state index in [9.17, 15) is 4.79 Å². The van der Waals surface area contributed by atoms with Gasteiger partial charge in [0.05, 0.1) is 5.56 Å². The molecule has 0 fully saturated rings. The third-order valence-electron chi connectivity index (χ3n) is 1.30. The van der Waals surface area contributed by atoms with Gasteiger partial charge in [0.2, 0.25) is 0 Å². The van der Waals surface area contributed by atoms with Crippen molar-refractivity contribution in [1.29, 1.82) is 0 Å². The van der Waals surface area contributed by atoms with E-state index in [-0.39, 0.29) is 0 Å². The molecule has 1 N–H and O–H groups in total. The van der Waals surface area contributed by atoms with E-state index in [4.69, 9.17) is 5.11 Å². The minimum absolute atomic E-state index is 0.339. The summed E-state index contributed by atoms with van der Waals surface area (Å²) in [7, 11) is 0. The van der Waals surface area contributed by atoms with Crippen LogP contribution in [0, 0.1) is 6.92 Å². The standard InChI is InChI=1S/C8H8O2.H2Se2/c1-6-2-4-7(5-3-6)8(9)10;1-2/h2-5H,1H3,(H,9,10);1-2H. The van der Waals surface area contributed by atoms with Gasteiger partial charge in [-0.3, -0.25) is 0 Å². The molecule has 0 aliphatic carbocycles. The van der Waals surface area contributed by atoms with Crippen molar-refractivity contribution in [1.82, 2.24) is 0 Å². The van der Waals surface area contributed by atoms with Gasteiger partial charge in [0.15, 0.2) is 0 Å². The summed E-state index contributed by atoms with van der Waals surface area (Å²) in [6.07, 6.45) is 0. The summed E-state index contributed by atoms with van der Waals surface area (Å²) >= 11 is 4.50. The first kappa shape index (κ1) is 11.7. The Kier molecular flexibility index (Phi) is 6.13. The van der Waals surface area contributed by atoms with Crippen LogP contribution in [0.15, 0.2) is 24.3 Å². The topological polar surface area (TPSA) is 37.3 Å². The van der Waals surface area contributed by atoms with Crippen molar-refractivity contribution < 1.29 is 9.90 Å². The van der Waals surface area contributed by atoms with Crippen molar-refractivity contribution in [3.05, 3.63) is 35.4 Å². The number of carboxylic acids is 1. The van der Waals surface area contributed by atoms with Crippen LogP contribution in [0.3, 0.4) is 0 Å². The van der Waals surface area contributed by atoms with Gasteiger partial charge in [0.25, 0.3) is 0 Å². The molecule has 0 aliphatic heterocycles. The van der Waals surface area contributed by atoms with Crippen molar-refractivity contribution >= 4 is 34.3 Å². The fraction of sp³-hybridized carbons (Fsp3) is 0.125. The molecule has 1 aromatic carbocycles. The van der Waals surface area contributed by atoms with Crippen LogP contribution in [0.25, 0.3) is 0 Å². The minimum atomic E-state index is -0.875. The molecule has 0 aliphatic rings. The van der Waals surface area contributed by atoms with Gasteiger partial charge in [-0.05, 0) is 19.1 Å². The molecule has 1 rings (SSSR count). The fourth-order valence-electron chi connectivity index (χ4n) is 0.696. The van der Waals surface area contributed by atoms with Crippen LogP contribution in [0.5, 0.6) is 0 Å². The number of hydrogen-bond acceptors (Lipinski definition) is 1. The van der Waals surface area contributed by atoms with Gasteiger partial charge in [-0.2, -0.15) is 0 Å². The van der Waals surface area contributed by atoms with Crippen LogP contribution >= 0.6 is 0 Å². The Morgan fingerprint density at radius 3 is 2.00 bits per heavy atom. The van der Waals surface area contributed by atoms with Gasteiger partial charge in [0.1, 0.15) is 0 Å². The summed E-state index contributed by atoms with van der Waals surface area (Å²) in [6.45, 7) is 1.92. The van der Waals surface area contributed by atoms with Crippen LogP contribution in [-0.2, 0) is 0 Å². The zero-order valence-corrected chi connectivity index (χ0v) is 10.3. The predicted octanol–water partition coefficient (Wildman–Crippen LogP) is 0.396. The third-order valence-corrected chi connectivity index (χ3v) is 1.30. The van der Waals surface area contributed by atoms with Gasteiger partial charge in [-0.25, -0.2) is 4.79 Å². The Hall–Kier alpha value is -0.271. The van der Waals surface area contributed by atoms with Gasteiger partial charge in [0, 0.05) is 0 Å². The van der Waals surface area contributed by atoms with Crippen LogP contribution in [0.1, 0.15) is 15.9 Å². The van der Waals surface area contributed by atoms with E-state index in [1.807, 2.05) is 6.92 Å². The number of benzene rings is 1. The normalized spacial score (nSPS) is 8.25. The number of carboxylic acid groups (broad SMARTS) is 1. The Labute approximate surface area is 86.5 Å². The van der Waals surface area contributed by atoms with E-state index in [2.05, 4.69) is 28.4 Å². The summed E-state index contributed by atoms with van der Waals surface area (Å²) in [5.41, 5.74) is 1.41. The van der Waals surface area contributed by atoms with E-state index in [0.717, 1.165) is 5.56 Å². The zero-order valence-electron chi connectivity index (χ0n) is 6.56. The molecule has 0 unspecified atom stereocenters. The number of carbonyl (C=O) groups is 1. The average Bonchev–Trinajstić information content (AvgIpc) is 2.09. The number of aromatic carboxylic acids is 1. The van der Waals surface area contributed by atoms with Crippen LogP contribution in [-0.4, -0.2) is 39.5 Å².